The summed E-state index contributed by atoms with van der Waals surface area (Å²) < 4.78 is 4.83. The summed E-state index contributed by atoms with van der Waals surface area (Å²) in [6.07, 6.45) is 2.30. The summed E-state index contributed by atoms with van der Waals surface area (Å²) in [4.78, 5) is 16.3. The zero-order chi connectivity index (χ0) is 14.5. The van der Waals surface area contributed by atoms with Crippen LogP contribution in [0.5, 0.6) is 0 Å². The molecule has 0 spiro atoms. The van der Waals surface area contributed by atoms with Crippen LogP contribution in [0.4, 0.5) is 0 Å². The number of hydrogen-bond acceptors (Lipinski definition) is 5. The van der Waals surface area contributed by atoms with Gasteiger partial charge in [0.25, 0.3) is 0 Å². The lowest BCUT2D eigenvalue weighted by atomic mass is 9.84. The molecule has 1 atom stereocenters. The van der Waals surface area contributed by atoms with E-state index in [9.17, 15) is 4.79 Å². The van der Waals surface area contributed by atoms with Crippen LogP contribution in [0.2, 0.25) is 0 Å². The van der Waals surface area contributed by atoms with Crippen LogP contribution in [0.1, 0.15) is 40.5 Å². The van der Waals surface area contributed by atoms with Crippen LogP contribution in [-0.4, -0.2) is 36.6 Å². The summed E-state index contributed by atoms with van der Waals surface area (Å²) >= 11 is 1.72. The van der Waals surface area contributed by atoms with Gasteiger partial charge in [-0.1, -0.05) is 39.5 Å². The summed E-state index contributed by atoms with van der Waals surface area (Å²) in [5, 5.41) is 4.11. The molecular formula is C14H26N2O2S. The van der Waals surface area contributed by atoms with E-state index in [2.05, 4.69) is 24.2 Å². The Morgan fingerprint density at radius 2 is 2.11 bits per heavy atom. The molecule has 0 aromatic carbocycles. The zero-order valence-corrected chi connectivity index (χ0v) is 13.5. The van der Waals surface area contributed by atoms with Gasteiger partial charge in [-0.25, -0.2) is 4.79 Å². The lowest BCUT2D eigenvalue weighted by molar-refractivity contribution is -0.143. The van der Waals surface area contributed by atoms with Crippen LogP contribution in [0.25, 0.3) is 0 Å². The van der Waals surface area contributed by atoms with Crippen molar-refractivity contribution in [1.29, 1.82) is 0 Å². The number of amidine groups is 1. The Kier molecular flexibility index (Phi) is 6.17. The Hall–Kier alpha value is -0.710. The van der Waals surface area contributed by atoms with Gasteiger partial charge in [0.05, 0.1) is 7.11 Å². The van der Waals surface area contributed by atoms with Gasteiger partial charge in [-0.15, -0.1) is 0 Å². The highest BCUT2D eigenvalue weighted by Crippen LogP contribution is 2.34. The third-order valence-corrected chi connectivity index (χ3v) is 5.25. The lowest BCUT2D eigenvalue weighted by Gasteiger charge is -2.34. The summed E-state index contributed by atoms with van der Waals surface area (Å²) in [7, 11) is 1.43. The summed E-state index contributed by atoms with van der Waals surface area (Å²) in [6.45, 7) is 9.31. The highest BCUT2D eigenvalue weighted by molar-refractivity contribution is 8.13. The van der Waals surface area contributed by atoms with Crippen LogP contribution >= 0.6 is 11.8 Å². The molecule has 1 aliphatic heterocycles. The van der Waals surface area contributed by atoms with Crippen molar-refractivity contribution < 1.29 is 9.53 Å². The van der Waals surface area contributed by atoms with E-state index in [4.69, 9.17) is 4.74 Å². The van der Waals surface area contributed by atoms with Gasteiger partial charge in [0.1, 0.15) is 6.04 Å². The largest absolute Gasteiger partial charge is 0.467 e. The molecule has 0 amide bonds. The summed E-state index contributed by atoms with van der Waals surface area (Å²) in [5.41, 5.74) is 0.328. The maximum absolute atomic E-state index is 11.7. The normalized spacial score (nSPS) is 19.8. The number of thioether (sulfide) groups is 1. The maximum Gasteiger partial charge on any atom is 0.328 e. The number of carbonyl (C=O) groups is 1. The fraction of sp³-hybridized carbons (Fsp3) is 0.857. The first kappa shape index (κ1) is 16.3. The Morgan fingerprint density at radius 3 is 2.47 bits per heavy atom. The van der Waals surface area contributed by atoms with Gasteiger partial charge in [-0.2, -0.15) is 0 Å². The molecule has 0 aromatic heterocycles. The minimum Gasteiger partial charge on any atom is -0.467 e. The number of aliphatic imine (C=N–C) groups is 1. The van der Waals surface area contributed by atoms with E-state index in [1.54, 1.807) is 11.8 Å². The van der Waals surface area contributed by atoms with E-state index in [1.807, 2.05) is 13.8 Å². The Labute approximate surface area is 120 Å². The molecular weight excluding hydrogens is 260 g/mol. The molecule has 0 saturated carbocycles. The number of rotatable bonds is 5. The van der Waals surface area contributed by atoms with Crippen molar-refractivity contribution in [1.82, 2.24) is 5.32 Å². The van der Waals surface area contributed by atoms with Gasteiger partial charge in [0.15, 0.2) is 5.17 Å². The van der Waals surface area contributed by atoms with Crippen molar-refractivity contribution in [3.05, 3.63) is 0 Å². The molecule has 0 saturated heterocycles. The molecule has 1 rings (SSSR count). The molecule has 1 aliphatic rings. The average molecular weight is 286 g/mol. The standard InChI is InChI=1S/C14H26N2O2S/c1-6-14(7-2)8-15-13(19-9-14)16-11(10(3)4)12(17)18-5/h10-11H,6-9H2,1-5H3,(H,15,16). The summed E-state index contributed by atoms with van der Waals surface area (Å²) in [6, 6.07) is -0.313. The molecule has 19 heavy (non-hydrogen) atoms. The molecule has 0 fully saturated rings. The average Bonchev–Trinajstić information content (AvgIpc) is 2.44. The van der Waals surface area contributed by atoms with E-state index in [1.165, 1.54) is 7.11 Å². The molecule has 0 aliphatic carbocycles. The predicted octanol–water partition coefficient (Wildman–Crippen LogP) is 2.68. The molecule has 4 nitrogen and oxygen atoms in total. The van der Waals surface area contributed by atoms with Crippen LogP contribution < -0.4 is 5.32 Å². The third-order valence-electron chi connectivity index (χ3n) is 3.97. The smallest absolute Gasteiger partial charge is 0.328 e. The first-order valence-electron chi connectivity index (χ1n) is 6.99. The Morgan fingerprint density at radius 1 is 1.47 bits per heavy atom. The van der Waals surface area contributed by atoms with E-state index < -0.39 is 0 Å². The van der Waals surface area contributed by atoms with Gasteiger partial charge in [0, 0.05) is 12.3 Å². The van der Waals surface area contributed by atoms with E-state index in [-0.39, 0.29) is 17.9 Å². The van der Waals surface area contributed by atoms with E-state index in [0.29, 0.717) is 5.41 Å². The van der Waals surface area contributed by atoms with Crippen LogP contribution in [-0.2, 0) is 9.53 Å². The first-order valence-corrected chi connectivity index (χ1v) is 7.98. The van der Waals surface area contributed by atoms with Gasteiger partial charge in [0.2, 0.25) is 0 Å². The molecule has 0 aromatic rings. The fourth-order valence-electron chi connectivity index (χ4n) is 2.08. The zero-order valence-electron chi connectivity index (χ0n) is 12.7. The topological polar surface area (TPSA) is 50.7 Å². The minimum absolute atomic E-state index is 0.180. The summed E-state index contributed by atoms with van der Waals surface area (Å²) in [5.74, 6) is 1.03. The minimum atomic E-state index is -0.313. The third kappa shape index (κ3) is 4.13. The molecule has 0 bridgehead atoms. The highest BCUT2D eigenvalue weighted by atomic mass is 32.2. The van der Waals surface area contributed by atoms with E-state index >= 15 is 0 Å². The monoisotopic (exact) mass is 286 g/mol. The van der Waals surface area contributed by atoms with Crippen LogP contribution in [0.3, 0.4) is 0 Å². The molecule has 5 heteroatoms. The number of ether oxygens (including phenoxy) is 1. The SMILES string of the molecule is CCC1(CC)CN=C(NC(C(=O)OC)C(C)C)SC1. The van der Waals surface area contributed by atoms with Crippen molar-refractivity contribution in [2.45, 2.75) is 46.6 Å². The molecule has 1 N–H and O–H groups in total. The number of hydrogen-bond donors (Lipinski definition) is 1. The second-order valence-electron chi connectivity index (χ2n) is 5.51. The number of nitrogens with one attached hydrogen (secondary N) is 1. The molecule has 1 unspecified atom stereocenters. The molecule has 110 valence electrons. The maximum atomic E-state index is 11.7. The second kappa shape index (κ2) is 7.17. The van der Waals surface area contributed by atoms with Crippen molar-refractivity contribution in [2.24, 2.45) is 16.3 Å². The van der Waals surface area contributed by atoms with Crippen molar-refractivity contribution in [2.75, 3.05) is 19.4 Å². The van der Waals surface area contributed by atoms with Crippen molar-refractivity contribution in [3.8, 4) is 0 Å². The fourth-order valence-corrected chi connectivity index (χ4v) is 3.38. The van der Waals surface area contributed by atoms with Gasteiger partial charge < -0.3 is 10.1 Å². The van der Waals surface area contributed by atoms with Crippen LogP contribution in [0.15, 0.2) is 4.99 Å². The second-order valence-corrected chi connectivity index (χ2v) is 6.47. The number of esters is 1. The Bertz CT molecular complexity index is 338. The predicted molar refractivity (Wildman–Crippen MR) is 81.6 cm³/mol. The Balaban J connectivity index is 2.68. The van der Waals surface area contributed by atoms with Crippen molar-refractivity contribution in [3.63, 3.8) is 0 Å². The highest BCUT2D eigenvalue weighted by Gasteiger charge is 2.32. The number of nitrogens with zero attached hydrogens (tertiary/aromatic N) is 1. The van der Waals surface area contributed by atoms with E-state index in [0.717, 1.165) is 30.3 Å². The quantitative estimate of drug-likeness (QED) is 0.790. The molecule has 0 radical (unpaired) electrons. The van der Waals surface area contributed by atoms with Gasteiger partial charge in [-0.05, 0) is 24.2 Å². The van der Waals surface area contributed by atoms with Gasteiger partial charge in [-0.3, -0.25) is 4.99 Å². The van der Waals surface area contributed by atoms with Crippen LogP contribution in [0, 0.1) is 11.3 Å². The first-order chi connectivity index (χ1) is 8.98. The van der Waals surface area contributed by atoms with Crippen molar-refractivity contribution >= 4 is 22.9 Å². The number of carbonyl (C=O) groups excluding carboxylic acids is 1. The molecule has 1 heterocycles. The van der Waals surface area contributed by atoms with Gasteiger partial charge >= 0.3 is 5.97 Å². The lowest BCUT2D eigenvalue weighted by Crippen LogP contribution is -2.46. The number of methoxy groups -OCH3 is 1.